The maximum Gasteiger partial charge on any atom is 0.196 e. The summed E-state index contributed by atoms with van der Waals surface area (Å²) in [5, 5.41) is 23.9. The summed E-state index contributed by atoms with van der Waals surface area (Å²) in [6.45, 7) is 18.9. The molecule has 0 aliphatic heterocycles. The van der Waals surface area contributed by atoms with Gasteiger partial charge in [-0.15, -0.1) is 0 Å². The van der Waals surface area contributed by atoms with Gasteiger partial charge in [0.05, 0.1) is 5.69 Å². The topological polar surface area (TPSA) is 113 Å². The Labute approximate surface area is 260 Å². The van der Waals surface area contributed by atoms with Crippen LogP contribution in [0.15, 0.2) is 76.5 Å². The number of hydrogen-bond acceptors (Lipinski definition) is 5. The first-order valence-corrected chi connectivity index (χ1v) is 12.6. The van der Waals surface area contributed by atoms with Gasteiger partial charge in [0.15, 0.2) is 5.78 Å². The number of Topliss-reactive ketones (excluding diaryl/α,β-unsaturated/α-hetero) is 1. The van der Waals surface area contributed by atoms with E-state index in [0.29, 0.717) is 22.5 Å². The van der Waals surface area contributed by atoms with E-state index in [1.165, 1.54) is 6.21 Å². The molecule has 6 nitrogen and oxygen atoms in total. The van der Waals surface area contributed by atoms with E-state index < -0.39 is 0 Å². The van der Waals surface area contributed by atoms with Crippen molar-refractivity contribution in [2.24, 2.45) is 10.4 Å². The van der Waals surface area contributed by atoms with Crippen molar-refractivity contribution in [3.63, 3.8) is 0 Å². The molecule has 0 heterocycles. The number of aliphatic imine (C=N–C) groups is 1. The maximum atomic E-state index is 13.4. The van der Waals surface area contributed by atoms with E-state index in [1.807, 2.05) is 36.4 Å². The second-order valence-electron chi connectivity index (χ2n) is 12.7. The second-order valence-corrected chi connectivity index (χ2v) is 12.7. The predicted molar refractivity (Wildman–Crippen MR) is 158 cm³/mol. The average molecular weight is 630 g/mol. The Bertz CT molecular complexity index is 1340. The zero-order valence-corrected chi connectivity index (χ0v) is 26.9. The minimum absolute atomic E-state index is 0. The molecule has 0 bridgehead atoms. The molecule has 2 aromatic carbocycles. The molecule has 0 radical (unpaired) electrons. The van der Waals surface area contributed by atoms with Crippen molar-refractivity contribution < 1.29 is 54.6 Å². The van der Waals surface area contributed by atoms with E-state index in [-0.39, 0.29) is 73.1 Å². The van der Waals surface area contributed by atoms with Crippen LogP contribution in [0.4, 0.5) is 11.4 Å². The van der Waals surface area contributed by atoms with Gasteiger partial charge in [-0.3, -0.25) is 9.79 Å². The first-order valence-electron chi connectivity index (χ1n) is 12.6. The smallest absolute Gasteiger partial charge is 0.196 e. The molecule has 0 unspecified atom stereocenters. The minimum atomic E-state index is -0.207. The summed E-state index contributed by atoms with van der Waals surface area (Å²) in [6, 6.07) is 10.8. The molecular weight excluding hydrogens is 588 g/mol. The van der Waals surface area contributed by atoms with Gasteiger partial charge in [0.2, 0.25) is 0 Å². The van der Waals surface area contributed by atoms with Crippen molar-refractivity contribution in [3.05, 3.63) is 82.6 Å². The van der Waals surface area contributed by atoms with Crippen LogP contribution in [0.25, 0.3) is 0 Å². The van der Waals surface area contributed by atoms with Crippen LogP contribution in [0.2, 0.25) is 0 Å². The van der Waals surface area contributed by atoms with Crippen molar-refractivity contribution in [2.75, 3.05) is 5.32 Å². The SMILES string of the molecule is CC(C)(C)C1=C/C(=C/Nc2cc(C(C)(C)C)ccc2O)C(=O)C(C=Nc2cc(C(C)(C)C)ccc2O)=C1.O.[Fe].[Fe]. The molecule has 2 aromatic rings. The van der Waals surface area contributed by atoms with Crippen molar-refractivity contribution in [2.45, 2.75) is 73.1 Å². The van der Waals surface area contributed by atoms with Crippen LogP contribution in [-0.2, 0) is 49.8 Å². The molecule has 40 heavy (non-hydrogen) atoms. The van der Waals surface area contributed by atoms with Gasteiger partial charge in [-0.05, 0) is 69.4 Å². The van der Waals surface area contributed by atoms with Gasteiger partial charge in [-0.1, -0.05) is 74.4 Å². The third kappa shape index (κ3) is 9.22. The number of carbonyl (C=O) groups is 1. The summed E-state index contributed by atoms with van der Waals surface area (Å²) in [4.78, 5) is 17.9. The van der Waals surface area contributed by atoms with E-state index in [4.69, 9.17) is 0 Å². The number of phenolic OH excluding ortho intramolecular Hbond substituents is 2. The number of ketones is 1. The van der Waals surface area contributed by atoms with E-state index >= 15 is 0 Å². The number of nitrogens with zero attached hydrogens (tertiary/aromatic N) is 1. The number of phenols is 2. The Morgan fingerprint density at radius 3 is 1.80 bits per heavy atom. The van der Waals surface area contributed by atoms with E-state index in [2.05, 4.69) is 72.6 Å². The van der Waals surface area contributed by atoms with Gasteiger partial charge in [-0.2, -0.15) is 0 Å². The Morgan fingerprint density at radius 2 is 1.27 bits per heavy atom. The molecule has 5 N–H and O–H groups in total. The number of aromatic hydroxyl groups is 2. The number of rotatable bonds is 4. The van der Waals surface area contributed by atoms with Crippen molar-refractivity contribution in [1.82, 2.24) is 0 Å². The summed E-state index contributed by atoms with van der Waals surface area (Å²) >= 11 is 0. The molecular formula is C32H42Fe2N2O4. The molecule has 0 atom stereocenters. The largest absolute Gasteiger partial charge is 0.506 e. The van der Waals surface area contributed by atoms with E-state index in [1.54, 1.807) is 18.3 Å². The first-order chi connectivity index (χ1) is 17.0. The summed E-state index contributed by atoms with van der Waals surface area (Å²) in [7, 11) is 0. The van der Waals surface area contributed by atoms with Crippen molar-refractivity contribution >= 4 is 23.4 Å². The zero-order chi connectivity index (χ0) is 27.8. The van der Waals surface area contributed by atoms with Gasteiger partial charge in [0.1, 0.15) is 17.2 Å². The van der Waals surface area contributed by atoms with Crippen LogP contribution in [-0.4, -0.2) is 27.7 Å². The average Bonchev–Trinajstić information content (AvgIpc) is 2.77. The van der Waals surface area contributed by atoms with E-state index in [9.17, 15) is 15.0 Å². The molecule has 220 valence electrons. The van der Waals surface area contributed by atoms with Crippen LogP contribution < -0.4 is 5.32 Å². The summed E-state index contributed by atoms with van der Waals surface area (Å²) in [6.07, 6.45) is 6.88. The molecule has 1 aliphatic rings. The molecule has 0 saturated carbocycles. The molecule has 3 rings (SSSR count). The third-order valence-corrected chi connectivity index (χ3v) is 6.44. The van der Waals surface area contributed by atoms with Gasteiger partial charge < -0.3 is 21.0 Å². The van der Waals surface area contributed by atoms with Gasteiger partial charge >= 0.3 is 0 Å². The quantitative estimate of drug-likeness (QED) is 0.146. The molecule has 0 fully saturated rings. The monoisotopic (exact) mass is 630 g/mol. The standard InChI is InChI=1S/C32H40N2O3.2Fe.H2O/c1-30(2,3)22-10-12-27(35)25(16-22)33-18-20-14-24(32(7,8)9)15-21(29(20)37)19-34-26-17-23(31(4,5)6)11-13-28(26)36;;;/h10-19,33,35-36H,1-9H3;;;1H2/b20-18-,34-19?;;;. The number of anilines is 1. The van der Waals surface area contributed by atoms with E-state index in [0.717, 1.165) is 16.7 Å². The fourth-order valence-electron chi connectivity index (χ4n) is 3.82. The van der Waals surface area contributed by atoms with Crippen LogP contribution in [0.1, 0.15) is 73.4 Å². The fraction of sp³-hybridized carbons (Fsp3) is 0.375. The predicted octanol–water partition coefficient (Wildman–Crippen LogP) is 7.04. The fourth-order valence-corrected chi connectivity index (χ4v) is 3.82. The number of carbonyl (C=O) groups excluding carboxylic acids is 1. The van der Waals surface area contributed by atoms with Gasteiger partial charge in [0.25, 0.3) is 0 Å². The maximum absolute atomic E-state index is 13.4. The van der Waals surface area contributed by atoms with Gasteiger partial charge in [-0.25, -0.2) is 0 Å². The number of hydrogen-bond donors (Lipinski definition) is 3. The first kappa shape index (κ1) is 37.4. The molecule has 1 aliphatic carbocycles. The van der Waals surface area contributed by atoms with Crippen LogP contribution in [0.3, 0.4) is 0 Å². The summed E-state index contributed by atoms with van der Waals surface area (Å²) < 4.78 is 0. The second kappa shape index (κ2) is 13.8. The van der Waals surface area contributed by atoms with Crippen LogP contribution in [0, 0.1) is 5.41 Å². The van der Waals surface area contributed by atoms with Crippen LogP contribution in [0.5, 0.6) is 11.5 Å². The van der Waals surface area contributed by atoms with Crippen LogP contribution >= 0.6 is 0 Å². The summed E-state index contributed by atoms with van der Waals surface area (Å²) in [5.74, 6) is -0.0202. The third-order valence-electron chi connectivity index (χ3n) is 6.44. The Kier molecular flexibility index (Phi) is 12.9. The molecule has 0 saturated heterocycles. The normalized spacial score (nSPS) is 15.0. The van der Waals surface area contributed by atoms with Gasteiger partial charge in [0, 0.05) is 57.7 Å². The Balaban J connectivity index is 0.00000507. The zero-order valence-electron chi connectivity index (χ0n) is 24.7. The number of allylic oxidation sites excluding steroid dienone is 5. The molecule has 0 spiro atoms. The van der Waals surface area contributed by atoms with Crippen molar-refractivity contribution in [1.29, 1.82) is 0 Å². The number of benzene rings is 2. The minimum Gasteiger partial charge on any atom is -0.506 e. The van der Waals surface area contributed by atoms with Crippen molar-refractivity contribution in [3.8, 4) is 11.5 Å². The Morgan fingerprint density at radius 1 is 0.750 bits per heavy atom. The number of nitrogens with one attached hydrogen (secondary N) is 1. The molecule has 8 heteroatoms. The summed E-state index contributed by atoms with van der Waals surface area (Å²) in [5.41, 5.74) is 4.53. The molecule has 0 amide bonds. The Hall–Kier alpha value is -2.60. The molecule has 0 aromatic heterocycles.